The van der Waals surface area contributed by atoms with Crippen molar-refractivity contribution in [2.45, 2.75) is 40.0 Å². The summed E-state index contributed by atoms with van der Waals surface area (Å²) in [6.45, 7) is 7.15. The van der Waals surface area contributed by atoms with Gasteiger partial charge in [0, 0.05) is 10.9 Å². The normalized spacial score (nSPS) is 11.0. The van der Waals surface area contributed by atoms with Crippen LogP contribution in [0.15, 0.2) is 40.9 Å². The summed E-state index contributed by atoms with van der Waals surface area (Å²) in [5, 5.41) is 0. The molecule has 0 heterocycles. The van der Waals surface area contributed by atoms with Gasteiger partial charge in [0.05, 0.1) is 6.61 Å². The Bertz CT molecular complexity index is 635. The Balaban J connectivity index is 2.04. The van der Waals surface area contributed by atoms with Crippen LogP contribution in [0.5, 0.6) is 5.75 Å². The Morgan fingerprint density at radius 3 is 2.43 bits per heavy atom. The Hall–Kier alpha value is -1.35. The Kier molecular flexibility index (Phi) is 6.64. The first kappa shape index (κ1) is 18.0. The maximum atomic E-state index is 12.9. The molecule has 0 aliphatic carbocycles. The molecule has 0 unspecified atom stereocenters. The zero-order valence-corrected chi connectivity index (χ0v) is 15.6. The van der Waals surface area contributed by atoms with Gasteiger partial charge in [0.25, 0.3) is 0 Å². The summed E-state index contributed by atoms with van der Waals surface area (Å²) in [5.74, 6) is 1.46. The molecule has 2 aromatic carbocycles. The molecular formula is C20H24BrFO. The minimum atomic E-state index is -0.200. The van der Waals surface area contributed by atoms with Crippen LogP contribution in [0.1, 0.15) is 37.0 Å². The molecule has 0 bridgehead atoms. The van der Waals surface area contributed by atoms with Gasteiger partial charge in [-0.1, -0.05) is 41.9 Å². The van der Waals surface area contributed by atoms with Crippen LogP contribution < -0.4 is 4.74 Å². The summed E-state index contributed by atoms with van der Waals surface area (Å²) < 4.78 is 20.1. The van der Waals surface area contributed by atoms with E-state index >= 15 is 0 Å². The molecule has 2 aromatic rings. The van der Waals surface area contributed by atoms with E-state index in [-0.39, 0.29) is 5.82 Å². The van der Waals surface area contributed by atoms with Crippen LogP contribution in [-0.4, -0.2) is 6.61 Å². The van der Waals surface area contributed by atoms with Crippen molar-refractivity contribution in [2.75, 3.05) is 6.61 Å². The summed E-state index contributed by atoms with van der Waals surface area (Å²) in [6.07, 6.45) is 2.94. The molecule has 0 aromatic heterocycles. The van der Waals surface area contributed by atoms with Crippen LogP contribution in [-0.2, 0) is 12.8 Å². The number of benzene rings is 2. The third-order valence-electron chi connectivity index (χ3n) is 3.86. The molecule has 0 radical (unpaired) electrons. The van der Waals surface area contributed by atoms with Crippen LogP contribution in [0.3, 0.4) is 0 Å². The van der Waals surface area contributed by atoms with E-state index in [1.165, 1.54) is 17.7 Å². The van der Waals surface area contributed by atoms with Crippen molar-refractivity contribution in [2.24, 2.45) is 5.92 Å². The molecule has 0 amide bonds. The highest BCUT2D eigenvalue weighted by Crippen LogP contribution is 2.30. The van der Waals surface area contributed by atoms with E-state index in [1.54, 1.807) is 0 Å². The first-order chi connectivity index (χ1) is 11.0. The van der Waals surface area contributed by atoms with Crippen molar-refractivity contribution >= 4 is 15.9 Å². The third-order valence-corrected chi connectivity index (χ3v) is 4.32. The van der Waals surface area contributed by atoms with Gasteiger partial charge in [0.2, 0.25) is 0 Å². The first-order valence-corrected chi connectivity index (χ1v) is 8.91. The lowest BCUT2D eigenvalue weighted by molar-refractivity contribution is 0.315. The van der Waals surface area contributed by atoms with E-state index in [1.807, 2.05) is 12.1 Å². The zero-order chi connectivity index (χ0) is 16.8. The Morgan fingerprint density at radius 1 is 1.09 bits per heavy atom. The number of halogens is 2. The Labute approximate surface area is 147 Å². The van der Waals surface area contributed by atoms with Crippen LogP contribution in [0, 0.1) is 18.7 Å². The predicted molar refractivity (Wildman–Crippen MR) is 97.6 cm³/mol. The smallest absolute Gasteiger partial charge is 0.125 e. The largest absolute Gasteiger partial charge is 0.493 e. The molecule has 0 saturated heterocycles. The lowest BCUT2D eigenvalue weighted by atomic mass is 10.00. The molecule has 0 aliphatic rings. The van der Waals surface area contributed by atoms with E-state index in [4.69, 9.17) is 4.74 Å². The molecule has 124 valence electrons. The van der Waals surface area contributed by atoms with E-state index < -0.39 is 0 Å². The second-order valence-electron chi connectivity index (χ2n) is 6.37. The summed E-state index contributed by atoms with van der Waals surface area (Å²) >= 11 is 3.57. The van der Waals surface area contributed by atoms with Gasteiger partial charge >= 0.3 is 0 Å². The quantitative estimate of drug-likeness (QED) is 0.564. The highest BCUT2D eigenvalue weighted by Gasteiger charge is 2.10. The van der Waals surface area contributed by atoms with Crippen molar-refractivity contribution in [1.82, 2.24) is 0 Å². The molecule has 0 saturated carbocycles. The second kappa shape index (κ2) is 8.49. The number of ether oxygens (including phenoxy) is 1. The summed E-state index contributed by atoms with van der Waals surface area (Å²) in [7, 11) is 0. The van der Waals surface area contributed by atoms with Crippen LogP contribution in [0.4, 0.5) is 4.39 Å². The average molecular weight is 379 g/mol. The van der Waals surface area contributed by atoms with Crippen molar-refractivity contribution in [3.8, 4) is 5.75 Å². The van der Waals surface area contributed by atoms with Crippen molar-refractivity contribution in [3.05, 3.63) is 63.4 Å². The fourth-order valence-corrected chi connectivity index (χ4v) is 3.18. The minimum Gasteiger partial charge on any atom is -0.493 e. The fraction of sp³-hybridized carbons (Fsp3) is 0.400. The van der Waals surface area contributed by atoms with Crippen molar-refractivity contribution in [1.29, 1.82) is 0 Å². The van der Waals surface area contributed by atoms with E-state index in [0.717, 1.165) is 40.6 Å². The van der Waals surface area contributed by atoms with E-state index in [9.17, 15) is 4.39 Å². The maximum Gasteiger partial charge on any atom is 0.125 e. The number of hydrogen-bond acceptors (Lipinski definition) is 1. The lowest BCUT2D eigenvalue weighted by Crippen LogP contribution is -2.06. The molecule has 0 spiro atoms. The van der Waals surface area contributed by atoms with Gasteiger partial charge in [-0.3, -0.25) is 0 Å². The molecule has 0 fully saturated rings. The molecule has 2 rings (SSSR count). The lowest BCUT2D eigenvalue weighted by Gasteiger charge is -2.16. The topological polar surface area (TPSA) is 9.23 Å². The van der Waals surface area contributed by atoms with Crippen molar-refractivity contribution in [3.63, 3.8) is 0 Å². The first-order valence-electron chi connectivity index (χ1n) is 8.12. The molecule has 0 aliphatic heterocycles. The van der Waals surface area contributed by atoms with Gasteiger partial charge in [0.1, 0.15) is 11.6 Å². The standard InChI is InChI=1S/C20H24BrFO/c1-14(2)4-7-17-13-18(21)12-15(3)20(17)23-11-10-16-5-8-19(22)9-6-16/h5-6,8-9,12-14H,4,7,10-11H2,1-3H3. The van der Waals surface area contributed by atoms with Gasteiger partial charge < -0.3 is 4.74 Å². The van der Waals surface area contributed by atoms with Gasteiger partial charge in [-0.2, -0.15) is 0 Å². The van der Waals surface area contributed by atoms with Crippen LogP contribution >= 0.6 is 15.9 Å². The van der Waals surface area contributed by atoms with E-state index in [0.29, 0.717) is 12.5 Å². The van der Waals surface area contributed by atoms with Gasteiger partial charge in [-0.05, 0) is 66.6 Å². The van der Waals surface area contributed by atoms with Gasteiger partial charge in [-0.25, -0.2) is 4.39 Å². The number of hydrogen-bond donors (Lipinski definition) is 0. The summed E-state index contributed by atoms with van der Waals surface area (Å²) in [4.78, 5) is 0. The fourth-order valence-electron chi connectivity index (χ4n) is 2.56. The molecule has 23 heavy (non-hydrogen) atoms. The molecule has 1 nitrogen and oxygen atoms in total. The van der Waals surface area contributed by atoms with E-state index in [2.05, 4.69) is 48.8 Å². The second-order valence-corrected chi connectivity index (χ2v) is 7.28. The summed E-state index contributed by atoms with van der Waals surface area (Å²) in [5.41, 5.74) is 3.49. The third kappa shape index (κ3) is 5.65. The maximum absolute atomic E-state index is 12.9. The molecule has 0 atom stereocenters. The molecule has 3 heteroatoms. The van der Waals surface area contributed by atoms with Crippen LogP contribution in [0.2, 0.25) is 0 Å². The predicted octanol–water partition coefficient (Wildman–Crippen LogP) is 6.11. The highest BCUT2D eigenvalue weighted by atomic mass is 79.9. The summed E-state index contributed by atoms with van der Waals surface area (Å²) in [6, 6.07) is 10.9. The number of aryl methyl sites for hydroxylation is 2. The monoisotopic (exact) mass is 378 g/mol. The van der Waals surface area contributed by atoms with Crippen LogP contribution in [0.25, 0.3) is 0 Å². The number of rotatable bonds is 7. The van der Waals surface area contributed by atoms with Crippen molar-refractivity contribution < 1.29 is 9.13 Å². The average Bonchev–Trinajstić information content (AvgIpc) is 2.49. The Morgan fingerprint density at radius 2 is 1.78 bits per heavy atom. The zero-order valence-electron chi connectivity index (χ0n) is 14.0. The minimum absolute atomic E-state index is 0.200. The molecule has 0 N–H and O–H groups in total. The van der Waals surface area contributed by atoms with Gasteiger partial charge in [-0.15, -0.1) is 0 Å². The highest BCUT2D eigenvalue weighted by molar-refractivity contribution is 9.10. The molecular weight excluding hydrogens is 355 g/mol. The van der Waals surface area contributed by atoms with Gasteiger partial charge in [0.15, 0.2) is 0 Å². The SMILES string of the molecule is Cc1cc(Br)cc(CCC(C)C)c1OCCc1ccc(F)cc1.